The molecule has 3 rings (SSSR count). The van der Waals surface area contributed by atoms with Gasteiger partial charge in [0.15, 0.2) is 0 Å². The first-order chi connectivity index (χ1) is 11.4. The molecule has 0 saturated carbocycles. The molecule has 0 N–H and O–H groups in total. The monoisotopic (exact) mass is 363 g/mol. The van der Waals surface area contributed by atoms with Crippen molar-refractivity contribution in [1.82, 2.24) is 14.9 Å². The lowest BCUT2D eigenvalue weighted by molar-refractivity contribution is -0.134. The van der Waals surface area contributed by atoms with Crippen molar-refractivity contribution in [2.45, 2.75) is 71.0 Å². The molecule has 2 aromatic rings. The molecular formula is C18H25N3OS2. The lowest BCUT2D eigenvalue weighted by Gasteiger charge is -2.39. The zero-order chi connectivity index (χ0) is 17.4. The Balaban J connectivity index is 1.81. The van der Waals surface area contributed by atoms with Crippen LogP contribution in [-0.4, -0.2) is 38.6 Å². The highest BCUT2D eigenvalue weighted by Crippen LogP contribution is 2.35. The van der Waals surface area contributed by atoms with E-state index in [-0.39, 0.29) is 5.91 Å². The zero-order valence-corrected chi connectivity index (χ0v) is 16.7. The van der Waals surface area contributed by atoms with Crippen LogP contribution >= 0.6 is 23.1 Å². The highest BCUT2D eigenvalue weighted by Gasteiger charge is 2.29. The second-order valence-electron chi connectivity index (χ2n) is 6.76. The number of amides is 1. The predicted molar refractivity (Wildman–Crippen MR) is 102 cm³/mol. The number of hydrogen-bond acceptors (Lipinski definition) is 5. The van der Waals surface area contributed by atoms with Gasteiger partial charge in [-0.05, 0) is 59.4 Å². The van der Waals surface area contributed by atoms with Gasteiger partial charge in [0.25, 0.3) is 0 Å². The van der Waals surface area contributed by atoms with Gasteiger partial charge < -0.3 is 4.90 Å². The average molecular weight is 364 g/mol. The van der Waals surface area contributed by atoms with Crippen LogP contribution in [0.4, 0.5) is 0 Å². The number of aryl methyl sites for hydroxylation is 3. The fourth-order valence-electron chi connectivity index (χ4n) is 3.54. The molecule has 6 heteroatoms. The number of rotatable bonds is 3. The number of nitrogens with zero attached hydrogens (tertiary/aromatic N) is 3. The molecule has 1 aliphatic rings. The second kappa shape index (κ2) is 7.00. The molecular weight excluding hydrogens is 338 g/mol. The molecule has 3 heterocycles. The van der Waals surface area contributed by atoms with Crippen molar-refractivity contribution in [3.05, 3.63) is 16.3 Å². The van der Waals surface area contributed by atoms with E-state index in [0.717, 1.165) is 33.9 Å². The van der Waals surface area contributed by atoms with Gasteiger partial charge in [-0.1, -0.05) is 11.8 Å². The molecule has 24 heavy (non-hydrogen) atoms. The number of piperidine rings is 1. The quantitative estimate of drug-likeness (QED) is 0.595. The summed E-state index contributed by atoms with van der Waals surface area (Å²) in [7, 11) is 0. The fourth-order valence-corrected chi connectivity index (χ4v) is 5.68. The summed E-state index contributed by atoms with van der Waals surface area (Å²) < 4.78 is 0. The largest absolute Gasteiger partial charge is 0.337 e. The molecule has 0 spiro atoms. The summed E-state index contributed by atoms with van der Waals surface area (Å²) in [5, 5.41) is 2.07. The second-order valence-corrected chi connectivity index (χ2v) is 8.93. The highest BCUT2D eigenvalue weighted by molar-refractivity contribution is 8.00. The topological polar surface area (TPSA) is 46.1 Å². The maximum Gasteiger partial charge on any atom is 0.233 e. The molecule has 1 amide bonds. The van der Waals surface area contributed by atoms with Crippen molar-refractivity contribution in [3.63, 3.8) is 0 Å². The Morgan fingerprint density at radius 1 is 1.21 bits per heavy atom. The summed E-state index contributed by atoms with van der Waals surface area (Å²) >= 11 is 3.27. The molecule has 0 radical (unpaired) electrons. The van der Waals surface area contributed by atoms with Gasteiger partial charge in [-0.15, -0.1) is 11.3 Å². The van der Waals surface area contributed by atoms with Crippen LogP contribution < -0.4 is 0 Å². The summed E-state index contributed by atoms with van der Waals surface area (Å²) in [5.41, 5.74) is 1.24. The number of carbonyl (C=O) groups is 1. The molecule has 130 valence electrons. The van der Waals surface area contributed by atoms with Crippen LogP contribution in [0.1, 0.15) is 49.4 Å². The summed E-state index contributed by atoms with van der Waals surface area (Å²) in [5.74, 6) is 1.46. The van der Waals surface area contributed by atoms with E-state index in [1.54, 1.807) is 23.1 Å². The predicted octanol–water partition coefficient (Wildman–Crippen LogP) is 4.50. The number of likely N-dealkylation sites (tertiary alicyclic amines) is 1. The van der Waals surface area contributed by atoms with Gasteiger partial charge in [-0.2, -0.15) is 0 Å². The van der Waals surface area contributed by atoms with Gasteiger partial charge in [-0.3, -0.25) is 4.79 Å². The molecule has 0 bridgehead atoms. The number of fused-ring (bicyclic) bond motifs is 1. The number of thiophene rings is 1. The van der Waals surface area contributed by atoms with E-state index in [9.17, 15) is 4.79 Å². The SMILES string of the molecule is Cc1nc(SCC(=O)N2[C@H](C)CCC[C@H]2C)c2c(C)c(C)sc2n1. The van der Waals surface area contributed by atoms with Gasteiger partial charge in [0.1, 0.15) is 15.7 Å². The third-order valence-corrected chi connectivity index (χ3v) is 6.98. The molecule has 1 fully saturated rings. The standard InChI is InChI=1S/C18H25N3OS2/c1-10-7-6-8-11(2)21(10)15(22)9-23-17-16-12(3)13(4)24-18(16)20-14(5)19-17/h10-11H,6-9H2,1-5H3/t10-,11-/m1/s1. The minimum Gasteiger partial charge on any atom is -0.337 e. The molecule has 4 nitrogen and oxygen atoms in total. The zero-order valence-electron chi connectivity index (χ0n) is 15.0. The Morgan fingerprint density at radius 2 is 1.88 bits per heavy atom. The average Bonchev–Trinajstić information content (AvgIpc) is 2.79. The minimum atomic E-state index is 0.230. The van der Waals surface area contributed by atoms with Crippen LogP contribution in [0.5, 0.6) is 0 Å². The first-order valence-electron chi connectivity index (χ1n) is 8.56. The van der Waals surface area contributed by atoms with Crippen molar-refractivity contribution in [2.75, 3.05) is 5.75 Å². The van der Waals surface area contributed by atoms with Crippen molar-refractivity contribution >= 4 is 39.2 Å². The maximum atomic E-state index is 12.8. The van der Waals surface area contributed by atoms with Crippen LogP contribution in [0.15, 0.2) is 5.03 Å². The van der Waals surface area contributed by atoms with Gasteiger partial charge in [-0.25, -0.2) is 9.97 Å². The lowest BCUT2D eigenvalue weighted by Crippen LogP contribution is -2.48. The van der Waals surface area contributed by atoms with Crippen molar-refractivity contribution in [3.8, 4) is 0 Å². The maximum absolute atomic E-state index is 12.8. The Morgan fingerprint density at radius 3 is 2.54 bits per heavy atom. The smallest absolute Gasteiger partial charge is 0.233 e. The van der Waals surface area contributed by atoms with Crippen molar-refractivity contribution in [2.24, 2.45) is 0 Å². The Labute approximate surface area is 152 Å². The lowest BCUT2D eigenvalue weighted by atomic mass is 9.98. The number of carbonyl (C=O) groups excluding carboxylic acids is 1. The molecule has 0 unspecified atom stereocenters. The van der Waals surface area contributed by atoms with Gasteiger partial charge >= 0.3 is 0 Å². The summed E-state index contributed by atoms with van der Waals surface area (Å²) in [6, 6.07) is 0.693. The van der Waals surface area contributed by atoms with Gasteiger partial charge in [0, 0.05) is 22.3 Å². The number of thioether (sulfide) groups is 1. The van der Waals surface area contributed by atoms with Crippen LogP contribution in [0, 0.1) is 20.8 Å². The van der Waals surface area contributed by atoms with E-state index in [0.29, 0.717) is 17.8 Å². The Hall–Kier alpha value is -1.14. The summed E-state index contributed by atoms with van der Waals surface area (Å²) in [4.78, 5) is 26.3. The van der Waals surface area contributed by atoms with Crippen molar-refractivity contribution < 1.29 is 4.79 Å². The molecule has 2 aromatic heterocycles. The van der Waals surface area contributed by atoms with E-state index in [2.05, 4.69) is 42.6 Å². The van der Waals surface area contributed by atoms with Gasteiger partial charge in [0.05, 0.1) is 5.75 Å². The van der Waals surface area contributed by atoms with E-state index in [1.165, 1.54) is 16.9 Å². The Kier molecular flexibility index (Phi) is 5.16. The van der Waals surface area contributed by atoms with Crippen molar-refractivity contribution in [1.29, 1.82) is 0 Å². The first-order valence-corrected chi connectivity index (χ1v) is 10.4. The van der Waals surface area contributed by atoms with Crippen LogP contribution in [0.2, 0.25) is 0 Å². The van der Waals surface area contributed by atoms with Gasteiger partial charge in [0.2, 0.25) is 5.91 Å². The highest BCUT2D eigenvalue weighted by atomic mass is 32.2. The molecule has 1 saturated heterocycles. The first kappa shape index (κ1) is 17.7. The Bertz CT molecular complexity index is 761. The van der Waals surface area contributed by atoms with Crippen LogP contribution in [-0.2, 0) is 4.79 Å². The third kappa shape index (κ3) is 3.31. The number of hydrogen-bond donors (Lipinski definition) is 0. The van der Waals surface area contributed by atoms with Crippen LogP contribution in [0.25, 0.3) is 10.2 Å². The van der Waals surface area contributed by atoms with E-state index in [4.69, 9.17) is 0 Å². The van der Waals surface area contributed by atoms with E-state index in [1.807, 2.05) is 6.92 Å². The molecule has 1 aliphatic heterocycles. The fraction of sp³-hybridized carbons (Fsp3) is 0.611. The molecule has 0 aromatic carbocycles. The molecule has 0 aliphatic carbocycles. The number of aromatic nitrogens is 2. The minimum absolute atomic E-state index is 0.230. The summed E-state index contributed by atoms with van der Waals surface area (Å²) in [6.45, 7) is 10.5. The van der Waals surface area contributed by atoms with Crippen LogP contribution in [0.3, 0.4) is 0 Å². The van der Waals surface area contributed by atoms with E-state index < -0.39 is 0 Å². The van der Waals surface area contributed by atoms with E-state index >= 15 is 0 Å². The normalized spacial score (nSPS) is 21.5. The summed E-state index contributed by atoms with van der Waals surface area (Å²) in [6.07, 6.45) is 3.44. The molecule has 2 atom stereocenters. The third-order valence-electron chi connectivity index (χ3n) is 4.92.